The van der Waals surface area contributed by atoms with Crippen molar-refractivity contribution in [3.8, 4) is 5.75 Å². The predicted octanol–water partition coefficient (Wildman–Crippen LogP) is 3.77. The number of benzene rings is 2. The molecule has 0 radical (unpaired) electrons. The van der Waals surface area contributed by atoms with Gasteiger partial charge in [0.1, 0.15) is 10.8 Å². The van der Waals surface area contributed by atoms with Crippen LogP contribution in [-0.4, -0.2) is 31.3 Å². The number of halogens is 2. The van der Waals surface area contributed by atoms with Crippen molar-refractivity contribution in [3.05, 3.63) is 63.1 Å². The van der Waals surface area contributed by atoms with Crippen molar-refractivity contribution in [2.75, 3.05) is 6.61 Å². The average molecular weight is 472 g/mol. The second kappa shape index (κ2) is 8.55. The molecule has 2 aromatic rings. The molecule has 2 N–H and O–H groups in total. The first-order valence-electron chi connectivity index (χ1n) is 9.05. The molecule has 2 aromatic carbocycles. The molecule has 7 nitrogen and oxygen atoms in total. The van der Waals surface area contributed by atoms with Crippen LogP contribution in [0.2, 0.25) is 10.0 Å². The third-order valence-corrected chi connectivity index (χ3v) is 6.32. The van der Waals surface area contributed by atoms with Crippen molar-refractivity contribution < 1.29 is 27.3 Å². The quantitative estimate of drug-likeness (QED) is 0.469. The Hall–Kier alpha value is -2.13. The lowest BCUT2D eigenvalue weighted by molar-refractivity contribution is -0.119. The third kappa shape index (κ3) is 4.62. The average Bonchev–Trinajstić information content (AvgIpc) is 2.93. The minimum absolute atomic E-state index is 0.0532. The molecule has 10 heteroatoms. The van der Waals surface area contributed by atoms with E-state index in [1.54, 1.807) is 6.07 Å². The number of hydrogen-bond donors (Lipinski definition) is 2. The minimum atomic E-state index is -4.58. The van der Waals surface area contributed by atoms with Crippen LogP contribution in [0.5, 0.6) is 5.75 Å². The summed E-state index contributed by atoms with van der Waals surface area (Å²) in [6.07, 6.45) is 0.433. The van der Waals surface area contributed by atoms with Crippen LogP contribution < -0.4 is 9.46 Å². The number of rotatable bonds is 7. The molecule has 3 rings (SSSR count). The van der Waals surface area contributed by atoms with E-state index in [0.717, 1.165) is 11.1 Å². The summed E-state index contributed by atoms with van der Waals surface area (Å²) in [4.78, 5) is 24.6. The Balaban J connectivity index is 1.74. The largest absolute Gasteiger partial charge is 0.492 e. The normalized spacial score (nSPS) is 18.2. The van der Waals surface area contributed by atoms with E-state index in [1.807, 2.05) is 37.3 Å². The lowest BCUT2D eigenvalue weighted by atomic mass is 9.79. The summed E-state index contributed by atoms with van der Waals surface area (Å²) in [6, 6.07) is 11.1. The van der Waals surface area contributed by atoms with Crippen LogP contribution in [0, 0.1) is 0 Å². The molecule has 160 valence electrons. The molecule has 30 heavy (non-hydrogen) atoms. The van der Waals surface area contributed by atoms with E-state index < -0.39 is 21.6 Å². The lowest BCUT2D eigenvalue weighted by Gasteiger charge is -2.22. The molecule has 1 amide bonds. The SMILES string of the molecule is C[C@]1(c2ccccc2)Cc2cc(OCCCC(=O)NS(=O)(=O)O)c(Cl)c(Cl)c2C1=O. The van der Waals surface area contributed by atoms with Crippen molar-refractivity contribution in [2.24, 2.45) is 0 Å². The number of carbonyl (C=O) groups excluding carboxylic acids is 2. The van der Waals surface area contributed by atoms with Gasteiger partial charge in [0.05, 0.1) is 17.0 Å². The van der Waals surface area contributed by atoms with E-state index in [-0.39, 0.29) is 41.0 Å². The van der Waals surface area contributed by atoms with Crippen molar-refractivity contribution in [3.63, 3.8) is 0 Å². The van der Waals surface area contributed by atoms with E-state index in [9.17, 15) is 18.0 Å². The Morgan fingerprint density at radius 3 is 2.53 bits per heavy atom. The highest BCUT2D eigenvalue weighted by Crippen LogP contribution is 2.47. The highest BCUT2D eigenvalue weighted by Gasteiger charge is 2.45. The van der Waals surface area contributed by atoms with Gasteiger partial charge in [-0.25, -0.2) is 4.72 Å². The van der Waals surface area contributed by atoms with Crippen LogP contribution in [-0.2, 0) is 26.9 Å². The van der Waals surface area contributed by atoms with Gasteiger partial charge in [0, 0.05) is 12.0 Å². The van der Waals surface area contributed by atoms with Crippen LogP contribution >= 0.6 is 23.2 Å². The summed E-state index contributed by atoms with van der Waals surface area (Å²) in [5.41, 5.74) is 1.22. The number of carbonyl (C=O) groups is 2. The van der Waals surface area contributed by atoms with E-state index in [4.69, 9.17) is 32.5 Å². The number of Topliss-reactive ketones (excluding diaryl/α,β-unsaturated/α-hetero) is 1. The molecule has 0 spiro atoms. The monoisotopic (exact) mass is 471 g/mol. The summed E-state index contributed by atoms with van der Waals surface area (Å²) in [6.45, 7) is 1.92. The van der Waals surface area contributed by atoms with Gasteiger partial charge in [-0.2, -0.15) is 8.42 Å². The molecule has 1 aliphatic carbocycles. The van der Waals surface area contributed by atoms with Gasteiger partial charge in [-0.3, -0.25) is 14.1 Å². The Morgan fingerprint density at radius 2 is 1.90 bits per heavy atom. The molecule has 0 saturated heterocycles. The number of hydrogen-bond acceptors (Lipinski definition) is 5. The molecule has 0 fully saturated rings. The minimum Gasteiger partial charge on any atom is -0.492 e. The van der Waals surface area contributed by atoms with Crippen molar-refractivity contribution in [1.82, 2.24) is 4.72 Å². The zero-order valence-electron chi connectivity index (χ0n) is 15.9. The first-order valence-corrected chi connectivity index (χ1v) is 11.2. The zero-order chi connectivity index (χ0) is 22.1. The molecule has 0 aromatic heterocycles. The van der Waals surface area contributed by atoms with E-state index in [1.165, 1.54) is 4.72 Å². The first kappa shape index (κ1) is 22.6. The van der Waals surface area contributed by atoms with Crippen LogP contribution in [0.4, 0.5) is 0 Å². The molecule has 0 heterocycles. The summed E-state index contributed by atoms with van der Waals surface area (Å²) >= 11 is 12.7. The summed E-state index contributed by atoms with van der Waals surface area (Å²) < 4.78 is 36.8. The predicted molar refractivity (Wildman–Crippen MR) is 113 cm³/mol. The van der Waals surface area contributed by atoms with E-state index in [2.05, 4.69) is 0 Å². The maximum absolute atomic E-state index is 13.2. The number of fused-ring (bicyclic) bond motifs is 1. The number of nitrogens with one attached hydrogen (secondary N) is 1. The summed E-state index contributed by atoms with van der Waals surface area (Å²) in [5.74, 6) is -0.687. The topological polar surface area (TPSA) is 110 Å². The van der Waals surface area contributed by atoms with Crippen molar-refractivity contribution in [1.29, 1.82) is 0 Å². The molecular formula is C20H19Cl2NO6S. The first-order chi connectivity index (χ1) is 14.0. The Bertz CT molecular complexity index is 1100. The number of amides is 1. The van der Waals surface area contributed by atoms with Gasteiger partial charge in [-0.1, -0.05) is 53.5 Å². The second-order valence-corrected chi connectivity index (χ2v) is 9.10. The smallest absolute Gasteiger partial charge is 0.359 e. The highest BCUT2D eigenvalue weighted by molar-refractivity contribution is 7.84. The fraction of sp³-hybridized carbons (Fsp3) is 0.300. The van der Waals surface area contributed by atoms with Crippen LogP contribution in [0.25, 0.3) is 0 Å². The Labute approximate surface area is 184 Å². The zero-order valence-corrected chi connectivity index (χ0v) is 18.3. The molecule has 0 saturated carbocycles. The van der Waals surface area contributed by atoms with E-state index in [0.29, 0.717) is 12.0 Å². The fourth-order valence-electron chi connectivity index (χ4n) is 3.53. The summed E-state index contributed by atoms with van der Waals surface area (Å²) in [7, 11) is -4.58. The van der Waals surface area contributed by atoms with Gasteiger partial charge in [-0.05, 0) is 37.0 Å². The molecule has 0 unspecified atom stereocenters. The number of ketones is 1. The van der Waals surface area contributed by atoms with Crippen LogP contribution in [0.15, 0.2) is 36.4 Å². The Morgan fingerprint density at radius 1 is 1.23 bits per heavy atom. The van der Waals surface area contributed by atoms with Crippen LogP contribution in [0.3, 0.4) is 0 Å². The van der Waals surface area contributed by atoms with Gasteiger partial charge < -0.3 is 4.74 Å². The number of ether oxygens (including phenoxy) is 1. The maximum atomic E-state index is 13.2. The third-order valence-electron chi connectivity index (χ3n) is 4.99. The molecule has 1 atom stereocenters. The van der Waals surface area contributed by atoms with Crippen molar-refractivity contribution in [2.45, 2.75) is 31.6 Å². The molecule has 1 aliphatic rings. The van der Waals surface area contributed by atoms with Gasteiger partial charge in [-0.15, -0.1) is 0 Å². The lowest BCUT2D eigenvalue weighted by Crippen LogP contribution is -2.29. The Kier molecular flexibility index (Phi) is 6.43. The van der Waals surface area contributed by atoms with Gasteiger partial charge in [0.25, 0.3) is 0 Å². The summed E-state index contributed by atoms with van der Waals surface area (Å²) in [5, 5.41) is 0.224. The van der Waals surface area contributed by atoms with Gasteiger partial charge in [0.15, 0.2) is 5.78 Å². The van der Waals surface area contributed by atoms with Crippen LogP contribution in [0.1, 0.15) is 41.3 Å². The molecule has 0 bridgehead atoms. The maximum Gasteiger partial charge on any atom is 0.359 e. The highest BCUT2D eigenvalue weighted by atomic mass is 35.5. The van der Waals surface area contributed by atoms with E-state index >= 15 is 0 Å². The fourth-order valence-corrected chi connectivity index (χ4v) is 4.42. The van der Waals surface area contributed by atoms with Gasteiger partial charge >= 0.3 is 10.3 Å². The molecular weight excluding hydrogens is 453 g/mol. The van der Waals surface area contributed by atoms with Crippen molar-refractivity contribution >= 4 is 45.2 Å². The van der Waals surface area contributed by atoms with Gasteiger partial charge in [0.2, 0.25) is 5.91 Å². The standard InChI is InChI=1S/C20H19Cl2NO6S/c1-20(13-6-3-2-4-7-13)11-12-10-14(17(21)18(22)16(12)19(20)25)29-9-5-8-15(24)23-30(26,27)28/h2-4,6-7,10H,5,8-9,11H2,1H3,(H,23,24)(H,26,27,28)/t20-/m1/s1. The molecule has 0 aliphatic heterocycles. The second-order valence-electron chi connectivity index (χ2n) is 7.19.